The van der Waals surface area contributed by atoms with Gasteiger partial charge in [0.05, 0.1) is 12.4 Å². The zero-order valence-electron chi connectivity index (χ0n) is 17.8. The van der Waals surface area contributed by atoms with Crippen molar-refractivity contribution in [2.45, 2.75) is 29.7 Å². The van der Waals surface area contributed by atoms with Crippen LogP contribution in [0.3, 0.4) is 0 Å². The number of amides is 1. The monoisotopic (exact) mass is 522 g/mol. The number of nitrogens with zero attached hydrogens (tertiary/aromatic N) is 3. The number of thioether (sulfide) groups is 1. The number of nitrogen functional groups attached to an aromatic ring is 1. The smallest absolute Gasteiger partial charge is 0.423 e. The van der Waals surface area contributed by atoms with Gasteiger partial charge in [-0.15, -0.1) is 0 Å². The van der Waals surface area contributed by atoms with Gasteiger partial charge in [0.1, 0.15) is 18.3 Å². The highest BCUT2D eigenvalue weighted by Gasteiger charge is 2.48. The number of benzene rings is 1. The molecular weight excluding hydrogens is 502 g/mol. The number of carbonyl (C=O) groups is 1. The van der Waals surface area contributed by atoms with Crippen LogP contribution < -0.4 is 22.1 Å². The van der Waals surface area contributed by atoms with Crippen molar-refractivity contribution >= 4 is 62.1 Å². The van der Waals surface area contributed by atoms with Gasteiger partial charge in [0.25, 0.3) is 5.56 Å². The van der Waals surface area contributed by atoms with Crippen molar-refractivity contribution in [3.63, 3.8) is 0 Å². The average Bonchev–Trinajstić information content (AvgIpc) is 3.35. The Balaban J connectivity index is 1.42. The number of H-pyrrole nitrogens is 1. The van der Waals surface area contributed by atoms with Gasteiger partial charge in [0, 0.05) is 5.69 Å². The minimum atomic E-state index is -1.67. The zero-order chi connectivity index (χ0) is 24.7. The van der Waals surface area contributed by atoms with Gasteiger partial charge in [0.2, 0.25) is 11.9 Å². The summed E-state index contributed by atoms with van der Waals surface area (Å²) in [5.74, 6) is -0.687. The molecule has 0 aliphatic carbocycles. The van der Waals surface area contributed by atoms with Gasteiger partial charge in [0.15, 0.2) is 31.6 Å². The van der Waals surface area contributed by atoms with Crippen molar-refractivity contribution in [2.75, 3.05) is 23.4 Å². The molecule has 0 bridgehead atoms. The number of aromatic amines is 1. The Morgan fingerprint density at radius 3 is 3.00 bits per heavy atom. The van der Waals surface area contributed by atoms with E-state index in [-0.39, 0.29) is 49.1 Å². The third kappa shape index (κ3) is 4.79. The van der Waals surface area contributed by atoms with Crippen molar-refractivity contribution in [1.82, 2.24) is 19.5 Å². The molecule has 5 unspecified atom stereocenters. The van der Waals surface area contributed by atoms with Crippen LogP contribution in [0.15, 0.2) is 34.2 Å². The molecule has 5 rings (SSSR count). The van der Waals surface area contributed by atoms with Crippen molar-refractivity contribution in [3.8, 4) is 0 Å². The standard InChI is InChI=1S/C18H20BN6O8PS/c20-17-23-14-11(15(28)24-17)22-18(25(14)16-12(27)13-9(32-16)5-31-34-33-13)35-6-10(26)21-8-3-1-2-7(4-8)19(29)30/h1-4,9,12-13,16,27,29-30,34H,5-6H2,(H,21,26)(H3,20,23,24,28). The second kappa shape index (κ2) is 9.83. The van der Waals surface area contributed by atoms with Gasteiger partial charge >= 0.3 is 7.12 Å². The second-order valence-electron chi connectivity index (χ2n) is 7.76. The van der Waals surface area contributed by atoms with E-state index in [2.05, 4.69) is 20.3 Å². The van der Waals surface area contributed by atoms with E-state index < -0.39 is 43.1 Å². The van der Waals surface area contributed by atoms with Gasteiger partial charge in [-0.3, -0.25) is 19.1 Å². The number of aliphatic hydroxyl groups excluding tert-OH is 1. The molecule has 17 heteroatoms. The van der Waals surface area contributed by atoms with E-state index in [1.807, 2.05) is 0 Å². The molecular formula is C18H20BN6O8PS. The number of nitrogens with one attached hydrogen (secondary N) is 2. The number of carbonyl (C=O) groups excluding carboxylic acids is 1. The number of imidazole rings is 1. The maximum absolute atomic E-state index is 12.6. The van der Waals surface area contributed by atoms with Crippen LogP contribution in [0.1, 0.15) is 6.23 Å². The largest absolute Gasteiger partial charge is 0.488 e. The minimum absolute atomic E-state index is 0.0311. The normalized spacial score (nSPS) is 24.5. The molecule has 1 amide bonds. The summed E-state index contributed by atoms with van der Waals surface area (Å²) in [5.41, 5.74) is 5.80. The first-order valence-electron chi connectivity index (χ1n) is 10.3. The van der Waals surface area contributed by atoms with Crippen molar-refractivity contribution in [3.05, 3.63) is 34.6 Å². The molecule has 2 fully saturated rings. The van der Waals surface area contributed by atoms with Crippen molar-refractivity contribution < 1.29 is 33.7 Å². The molecule has 7 N–H and O–H groups in total. The quantitative estimate of drug-likeness (QED) is 0.122. The van der Waals surface area contributed by atoms with Crippen LogP contribution in [0.2, 0.25) is 0 Å². The number of nitrogens with two attached hydrogens (primary N) is 1. The Labute approximate surface area is 203 Å². The van der Waals surface area contributed by atoms with E-state index in [1.165, 1.54) is 16.7 Å². The number of aliphatic hydroxyl groups is 1. The van der Waals surface area contributed by atoms with Gasteiger partial charge in [-0.25, -0.2) is 4.98 Å². The fourth-order valence-corrected chi connectivity index (χ4v) is 5.35. The Bertz CT molecular complexity index is 1320. The topological polar surface area (TPSA) is 207 Å². The predicted octanol–water partition coefficient (Wildman–Crippen LogP) is -1.71. The number of hydrogen-bond acceptors (Lipinski definition) is 12. The fourth-order valence-electron chi connectivity index (χ4n) is 3.83. The number of fused-ring (bicyclic) bond motifs is 2. The number of aromatic nitrogens is 4. The van der Waals surface area contributed by atoms with Crippen LogP contribution in [0, 0.1) is 0 Å². The van der Waals surface area contributed by atoms with Crippen molar-refractivity contribution in [1.29, 1.82) is 0 Å². The molecule has 35 heavy (non-hydrogen) atoms. The van der Waals surface area contributed by atoms with E-state index in [9.17, 15) is 24.7 Å². The number of ether oxygens (including phenoxy) is 1. The molecule has 184 valence electrons. The van der Waals surface area contributed by atoms with Crippen LogP contribution in [0.4, 0.5) is 11.6 Å². The Hall–Kier alpha value is -2.56. The molecule has 2 saturated heterocycles. The summed E-state index contributed by atoms with van der Waals surface area (Å²) in [7, 11) is -1.91. The Morgan fingerprint density at radius 2 is 2.23 bits per heavy atom. The van der Waals surface area contributed by atoms with Crippen molar-refractivity contribution in [2.24, 2.45) is 0 Å². The molecule has 4 heterocycles. The summed E-state index contributed by atoms with van der Waals surface area (Å²) >= 11 is 0.993. The number of anilines is 2. The summed E-state index contributed by atoms with van der Waals surface area (Å²) in [5, 5.41) is 32.4. The van der Waals surface area contributed by atoms with Crippen LogP contribution in [-0.2, 0) is 18.6 Å². The SMILES string of the molecule is Nc1nc2c(nc(SCC(=O)Nc3cccc(B(O)O)c3)n2C2OC3COPOC3C2O)c(=O)[nH]1. The highest BCUT2D eigenvalue weighted by Crippen LogP contribution is 2.41. The minimum Gasteiger partial charge on any atom is -0.423 e. The summed E-state index contributed by atoms with van der Waals surface area (Å²) in [6, 6.07) is 6.11. The van der Waals surface area contributed by atoms with E-state index in [0.29, 0.717) is 5.69 Å². The molecule has 5 atom stereocenters. The summed E-state index contributed by atoms with van der Waals surface area (Å²) in [6.07, 6.45) is -3.30. The van der Waals surface area contributed by atoms with Crippen LogP contribution in [-0.4, -0.2) is 78.4 Å². The van der Waals surface area contributed by atoms with Crippen LogP contribution >= 0.6 is 20.8 Å². The zero-order valence-corrected chi connectivity index (χ0v) is 19.6. The first-order valence-corrected chi connectivity index (χ1v) is 12.1. The van der Waals surface area contributed by atoms with E-state index in [1.54, 1.807) is 12.1 Å². The molecule has 2 aliphatic heterocycles. The summed E-state index contributed by atoms with van der Waals surface area (Å²) < 4.78 is 18.2. The van der Waals surface area contributed by atoms with E-state index in [4.69, 9.17) is 19.5 Å². The molecule has 0 radical (unpaired) electrons. The number of rotatable bonds is 6. The highest BCUT2D eigenvalue weighted by molar-refractivity contribution is 7.99. The number of hydrogen-bond donors (Lipinski definition) is 6. The first-order chi connectivity index (χ1) is 16.8. The predicted molar refractivity (Wildman–Crippen MR) is 127 cm³/mol. The maximum atomic E-state index is 12.6. The van der Waals surface area contributed by atoms with Gasteiger partial charge in [-0.2, -0.15) is 4.98 Å². The molecule has 2 aliphatic rings. The molecule has 1 aromatic carbocycles. The second-order valence-corrected chi connectivity index (χ2v) is 9.39. The van der Waals surface area contributed by atoms with Crippen LogP contribution in [0.5, 0.6) is 0 Å². The third-order valence-electron chi connectivity index (χ3n) is 5.39. The molecule has 0 saturated carbocycles. The van der Waals surface area contributed by atoms with Gasteiger partial charge in [-0.05, 0) is 17.6 Å². The molecule has 2 aromatic heterocycles. The molecule has 14 nitrogen and oxygen atoms in total. The third-order valence-corrected chi connectivity index (χ3v) is 7.00. The summed E-state index contributed by atoms with van der Waals surface area (Å²) in [4.78, 5) is 35.9. The van der Waals surface area contributed by atoms with Gasteiger partial charge < -0.3 is 40.0 Å². The Morgan fingerprint density at radius 1 is 1.40 bits per heavy atom. The molecule has 0 spiro atoms. The van der Waals surface area contributed by atoms with Gasteiger partial charge in [-0.1, -0.05) is 23.9 Å². The molecule has 3 aromatic rings. The fraction of sp³-hybridized carbons (Fsp3) is 0.333. The maximum Gasteiger partial charge on any atom is 0.488 e. The lowest BCUT2D eigenvalue weighted by Gasteiger charge is -2.24. The van der Waals surface area contributed by atoms with E-state index >= 15 is 0 Å². The Kier molecular flexibility index (Phi) is 6.79. The lowest BCUT2D eigenvalue weighted by atomic mass is 9.80. The average molecular weight is 522 g/mol. The lowest BCUT2D eigenvalue weighted by Crippen LogP contribution is -2.37. The lowest BCUT2D eigenvalue weighted by molar-refractivity contribution is -0.113. The van der Waals surface area contributed by atoms with E-state index in [0.717, 1.165) is 11.8 Å². The van der Waals surface area contributed by atoms with Crippen LogP contribution in [0.25, 0.3) is 11.2 Å². The highest BCUT2D eigenvalue weighted by atomic mass is 32.2. The summed E-state index contributed by atoms with van der Waals surface area (Å²) in [6.45, 7) is 0.228. The first kappa shape index (κ1) is 24.2.